The van der Waals surface area contributed by atoms with Crippen LogP contribution in [0.4, 0.5) is 5.69 Å². The lowest BCUT2D eigenvalue weighted by Crippen LogP contribution is -2.16. The lowest BCUT2D eigenvalue weighted by Gasteiger charge is -2.05. The first-order valence-electron chi connectivity index (χ1n) is 4.90. The van der Waals surface area contributed by atoms with E-state index >= 15 is 0 Å². The van der Waals surface area contributed by atoms with Gasteiger partial charge in [0.2, 0.25) is 10.0 Å². The normalized spacial score (nSPS) is 11.8. The maximum Gasteiger partial charge on any atom is 0.232 e. The number of imidazole rings is 1. The monoisotopic (exact) mass is 240 g/mol. The molecule has 0 bridgehead atoms. The first kappa shape index (κ1) is 10.9. The van der Waals surface area contributed by atoms with E-state index in [1.165, 1.54) is 12.5 Å². The van der Waals surface area contributed by atoms with Crippen molar-refractivity contribution in [1.29, 1.82) is 0 Å². The van der Waals surface area contributed by atoms with E-state index in [0.717, 1.165) is 0 Å². The number of aromatic nitrogens is 3. The molecular formula is C9H12N4O2S. The molecule has 0 fully saturated rings. The molecule has 0 aromatic carbocycles. The van der Waals surface area contributed by atoms with Gasteiger partial charge in [0.25, 0.3) is 0 Å². The predicted octanol–water partition coefficient (Wildman–Crippen LogP) is 1.11. The molecule has 86 valence electrons. The Morgan fingerprint density at radius 1 is 1.44 bits per heavy atom. The molecule has 0 atom stereocenters. The van der Waals surface area contributed by atoms with Crippen LogP contribution in [0.25, 0.3) is 11.2 Å². The summed E-state index contributed by atoms with van der Waals surface area (Å²) in [5, 5.41) is 0. The molecule has 0 aliphatic rings. The number of sulfonamides is 1. The van der Waals surface area contributed by atoms with Gasteiger partial charge in [0.1, 0.15) is 0 Å². The maximum absolute atomic E-state index is 11.5. The predicted molar refractivity (Wildman–Crippen MR) is 61.6 cm³/mol. The highest BCUT2D eigenvalue weighted by atomic mass is 32.2. The van der Waals surface area contributed by atoms with Crippen molar-refractivity contribution in [1.82, 2.24) is 15.0 Å². The number of rotatable bonds is 4. The number of fused-ring (bicyclic) bond motifs is 1. The van der Waals surface area contributed by atoms with Crippen LogP contribution in [-0.2, 0) is 10.0 Å². The Bertz CT molecular complexity index is 590. The number of pyridine rings is 1. The molecule has 0 saturated carbocycles. The number of H-pyrrole nitrogens is 1. The molecule has 7 heteroatoms. The summed E-state index contributed by atoms with van der Waals surface area (Å²) in [7, 11) is -3.26. The minimum absolute atomic E-state index is 0.105. The van der Waals surface area contributed by atoms with Crippen molar-refractivity contribution in [2.75, 3.05) is 10.5 Å². The lowest BCUT2D eigenvalue weighted by atomic mass is 10.4. The van der Waals surface area contributed by atoms with Crippen molar-refractivity contribution in [2.24, 2.45) is 0 Å². The fourth-order valence-electron chi connectivity index (χ4n) is 1.38. The fourth-order valence-corrected chi connectivity index (χ4v) is 2.49. The summed E-state index contributed by atoms with van der Waals surface area (Å²) in [5.41, 5.74) is 1.72. The third-order valence-electron chi connectivity index (χ3n) is 2.02. The summed E-state index contributed by atoms with van der Waals surface area (Å²) in [6.45, 7) is 1.82. The van der Waals surface area contributed by atoms with Gasteiger partial charge in [-0.15, -0.1) is 0 Å². The quantitative estimate of drug-likeness (QED) is 0.838. The molecule has 16 heavy (non-hydrogen) atoms. The molecule has 2 rings (SSSR count). The van der Waals surface area contributed by atoms with E-state index in [-0.39, 0.29) is 5.75 Å². The van der Waals surface area contributed by atoms with E-state index in [4.69, 9.17) is 0 Å². The van der Waals surface area contributed by atoms with Crippen LogP contribution in [0.1, 0.15) is 13.3 Å². The van der Waals surface area contributed by atoms with Crippen LogP contribution < -0.4 is 4.72 Å². The fraction of sp³-hybridized carbons (Fsp3) is 0.333. The van der Waals surface area contributed by atoms with Crippen molar-refractivity contribution >= 4 is 26.9 Å². The summed E-state index contributed by atoms with van der Waals surface area (Å²) >= 11 is 0. The molecule has 2 aromatic heterocycles. The zero-order valence-electron chi connectivity index (χ0n) is 8.77. The average molecular weight is 240 g/mol. The second kappa shape index (κ2) is 4.09. The van der Waals surface area contributed by atoms with Gasteiger partial charge in [-0.1, -0.05) is 6.92 Å². The Balaban J connectivity index is 2.27. The molecule has 0 spiro atoms. The molecule has 6 nitrogen and oxygen atoms in total. The van der Waals surface area contributed by atoms with E-state index in [9.17, 15) is 8.42 Å². The number of hydrogen-bond acceptors (Lipinski definition) is 4. The second-order valence-electron chi connectivity index (χ2n) is 3.42. The molecule has 2 heterocycles. The van der Waals surface area contributed by atoms with Crippen LogP contribution in [0.2, 0.25) is 0 Å². The smallest absolute Gasteiger partial charge is 0.232 e. The zero-order valence-corrected chi connectivity index (χ0v) is 9.58. The summed E-state index contributed by atoms with van der Waals surface area (Å²) in [6.07, 6.45) is 3.55. The zero-order chi connectivity index (χ0) is 11.6. The first-order chi connectivity index (χ1) is 7.61. The summed E-state index contributed by atoms with van der Waals surface area (Å²) in [5.74, 6) is 0.105. The largest absolute Gasteiger partial charge is 0.343 e. The van der Waals surface area contributed by atoms with E-state index in [1.807, 2.05) is 6.92 Å². The Morgan fingerprint density at radius 2 is 2.25 bits per heavy atom. The van der Waals surface area contributed by atoms with Gasteiger partial charge < -0.3 is 4.98 Å². The van der Waals surface area contributed by atoms with Gasteiger partial charge in [0, 0.05) is 0 Å². The van der Waals surface area contributed by atoms with Gasteiger partial charge in [-0.2, -0.15) is 0 Å². The van der Waals surface area contributed by atoms with Crippen LogP contribution in [0.3, 0.4) is 0 Å². The average Bonchev–Trinajstić information content (AvgIpc) is 2.63. The summed E-state index contributed by atoms with van der Waals surface area (Å²) < 4.78 is 25.5. The van der Waals surface area contributed by atoms with E-state index in [1.54, 1.807) is 6.07 Å². The standard InChI is InChI=1S/C9H12N4O2S/c1-2-3-16(14,15)13-7-4-8-9(10-5-7)12-6-11-8/h4-6,13H,2-3H2,1H3,(H,10,11,12). The summed E-state index contributed by atoms with van der Waals surface area (Å²) in [4.78, 5) is 10.8. The second-order valence-corrected chi connectivity index (χ2v) is 5.26. The van der Waals surface area contributed by atoms with Crippen molar-refractivity contribution < 1.29 is 8.42 Å². The van der Waals surface area contributed by atoms with E-state index in [0.29, 0.717) is 23.3 Å². The third kappa shape index (κ3) is 2.30. The number of nitrogens with one attached hydrogen (secondary N) is 2. The van der Waals surface area contributed by atoms with Gasteiger partial charge >= 0.3 is 0 Å². The van der Waals surface area contributed by atoms with Gasteiger partial charge in [0.05, 0.1) is 29.5 Å². The number of anilines is 1. The Kier molecular flexibility index (Phi) is 2.78. The van der Waals surface area contributed by atoms with Crippen LogP contribution >= 0.6 is 0 Å². The molecule has 0 aliphatic heterocycles. The molecule has 0 radical (unpaired) electrons. The minimum Gasteiger partial charge on any atom is -0.343 e. The summed E-state index contributed by atoms with van der Waals surface area (Å²) in [6, 6.07) is 1.67. The third-order valence-corrected chi connectivity index (χ3v) is 3.51. The van der Waals surface area contributed by atoms with E-state index in [2.05, 4.69) is 19.7 Å². The first-order valence-corrected chi connectivity index (χ1v) is 6.55. The van der Waals surface area contributed by atoms with Crippen LogP contribution in [0.5, 0.6) is 0 Å². The highest BCUT2D eigenvalue weighted by Gasteiger charge is 2.09. The molecule has 2 N–H and O–H groups in total. The van der Waals surface area contributed by atoms with Crippen molar-refractivity contribution in [2.45, 2.75) is 13.3 Å². The van der Waals surface area contributed by atoms with Gasteiger partial charge in [-0.3, -0.25) is 4.72 Å². The molecule has 0 aliphatic carbocycles. The lowest BCUT2D eigenvalue weighted by molar-refractivity contribution is 0.600. The van der Waals surface area contributed by atoms with Gasteiger partial charge in [-0.05, 0) is 12.5 Å². The molecule has 0 saturated heterocycles. The number of nitrogens with zero attached hydrogens (tertiary/aromatic N) is 2. The molecule has 2 aromatic rings. The van der Waals surface area contributed by atoms with Crippen LogP contribution in [0, 0.1) is 0 Å². The van der Waals surface area contributed by atoms with Crippen LogP contribution in [0.15, 0.2) is 18.6 Å². The Labute approximate surface area is 93.2 Å². The van der Waals surface area contributed by atoms with Crippen molar-refractivity contribution in [3.8, 4) is 0 Å². The van der Waals surface area contributed by atoms with E-state index < -0.39 is 10.0 Å². The maximum atomic E-state index is 11.5. The minimum atomic E-state index is -3.26. The molecule has 0 amide bonds. The number of aromatic amines is 1. The highest BCUT2D eigenvalue weighted by Crippen LogP contribution is 2.14. The van der Waals surface area contributed by atoms with Crippen molar-refractivity contribution in [3.05, 3.63) is 18.6 Å². The molecule has 0 unspecified atom stereocenters. The Morgan fingerprint density at radius 3 is 3.00 bits per heavy atom. The molecular weight excluding hydrogens is 228 g/mol. The van der Waals surface area contributed by atoms with Crippen LogP contribution in [-0.4, -0.2) is 29.1 Å². The van der Waals surface area contributed by atoms with Gasteiger partial charge in [0.15, 0.2) is 5.65 Å². The Hall–Kier alpha value is -1.63. The number of hydrogen-bond donors (Lipinski definition) is 2. The van der Waals surface area contributed by atoms with Gasteiger partial charge in [-0.25, -0.2) is 18.4 Å². The SMILES string of the molecule is CCCS(=O)(=O)Nc1cnc2nc[nH]c2c1. The highest BCUT2D eigenvalue weighted by molar-refractivity contribution is 7.92. The topological polar surface area (TPSA) is 87.7 Å². The van der Waals surface area contributed by atoms with Crippen molar-refractivity contribution in [3.63, 3.8) is 0 Å².